The van der Waals surface area contributed by atoms with E-state index in [0.29, 0.717) is 17.7 Å². The number of carbonyl (C=O) groups excluding carboxylic acids is 2. The first-order valence-electron chi connectivity index (χ1n) is 7.52. The fourth-order valence-electron chi connectivity index (χ4n) is 3.27. The monoisotopic (exact) mass is 288 g/mol. The van der Waals surface area contributed by atoms with Crippen molar-refractivity contribution in [2.24, 2.45) is 0 Å². The molecule has 5 heteroatoms. The Morgan fingerprint density at radius 1 is 1.10 bits per heavy atom. The Morgan fingerprint density at radius 2 is 1.76 bits per heavy atom. The Hall–Kier alpha value is -1.72. The molecule has 0 radical (unpaired) electrons. The summed E-state index contributed by atoms with van der Waals surface area (Å²) in [5.41, 5.74) is 1.02. The summed E-state index contributed by atoms with van der Waals surface area (Å²) in [7, 11) is 0. The molecule has 1 aromatic rings. The van der Waals surface area contributed by atoms with Crippen molar-refractivity contribution in [1.29, 1.82) is 0 Å². The van der Waals surface area contributed by atoms with Crippen molar-refractivity contribution in [3.8, 4) is 0 Å². The number of hydrogen-bond donors (Lipinski definition) is 1. The number of nitrogens with zero attached hydrogens (tertiary/aromatic N) is 2. The van der Waals surface area contributed by atoms with Crippen molar-refractivity contribution in [2.75, 3.05) is 26.2 Å². The van der Waals surface area contributed by atoms with E-state index in [1.165, 1.54) is 4.90 Å². The Bertz CT molecular complexity index is 523. The number of aliphatic hydroxyl groups excluding tert-OH is 1. The molecule has 0 aromatic heterocycles. The van der Waals surface area contributed by atoms with E-state index in [9.17, 15) is 14.7 Å². The minimum absolute atomic E-state index is 0.185. The van der Waals surface area contributed by atoms with Gasteiger partial charge in [0.15, 0.2) is 0 Å². The Morgan fingerprint density at radius 3 is 2.38 bits per heavy atom. The van der Waals surface area contributed by atoms with Gasteiger partial charge >= 0.3 is 0 Å². The van der Waals surface area contributed by atoms with Gasteiger partial charge in [0.2, 0.25) is 0 Å². The first-order valence-corrected chi connectivity index (χ1v) is 7.52. The molecule has 5 nitrogen and oxygen atoms in total. The maximum absolute atomic E-state index is 12.2. The first kappa shape index (κ1) is 14.2. The van der Waals surface area contributed by atoms with Crippen LogP contribution in [0.4, 0.5) is 0 Å². The number of likely N-dealkylation sites (tertiary alicyclic amines) is 1. The molecule has 3 rings (SSSR count). The molecule has 1 N–H and O–H groups in total. The Labute approximate surface area is 124 Å². The quantitative estimate of drug-likeness (QED) is 0.825. The number of amides is 2. The zero-order chi connectivity index (χ0) is 14.8. The van der Waals surface area contributed by atoms with Gasteiger partial charge in [-0.15, -0.1) is 0 Å². The highest BCUT2D eigenvalue weighted by Gasteiger charge is 2.34. The van der Waals surface area contributed by atoms with Gasteiger partial charge in [-0.2, -0.15) is 0 Å². The van der Waals surface area contributed by atoms with E-state index in [2.05, 4.69) is 4.90 Å². The molecule has 2 heterocycles. The molecule has 1 fully saturated rings. The minimum atomic E-state index is -0.185. The normalized spacial score (nSPS) is 22.1. The summed E-state index contributed by atoms with van der Waals surface area (Å²) in [5.74, 6) is -0.369. The molecule has 1 aromatic carbocycles. The van der Waals surface area contributed by atoms with Crippen molar-refractivity contribution in [3.05, 3.63) is 35.4 Å². The van der Waals surface area contributed by atoms with Gasteiger partial charge in [0.25, 0.3) is 11.8 Å². The van der Waals surface area contributed by atoms with Crippen LogP contribution in [0.25, 0.3) is 0 Å². The molecule has 1 atom stereocenters. The lowest BCUT2D eigenvalue weighted by atomic mass is 10.1. The van der Waals surface area contributed by atoms with Crippen LogP contribution in [-0.4, -0.2) is 59.0 Å². The van der Waals surface area contributed by atoms with Crippen LogP contribution in [0.15, 0.2) is 24.3 Å². The number of hydrogen-bond acceptors (Lipinski definition) is 4. The Kier molecular flexibility index (Phi) is 4.03. The first-order chi connectivity index (χ1) is 10.2. The summed E-state index contributed by atoms with van der Waals surface area (Å²) in [6.07, 6.45) is 2.89. The molecule has 21 heavy (non-hydrogen) atoms. The van der Waals surface area contributed by atoms with Crippen LogP contribution in [-0.2, 0) is 0 Å². The third-order valence-corrected chi connectivity index (χ3v) is 4.42. The number of rotatable bonds is 5. The van der Waals surface area contributed by atoms with Crippen LogP contribution in [0.5, 0.6) is 0 Å². The fraction of sp³-hybridized carbons (Fsp3) is 0.500. The topological polar surface area (TPSA) is 60.9 Å². The molecule has 1 unspecified atom stereocenters. The number of benzene rings is 1. The zero-order valence-electron chi connectivity index (χ0n) is 12.0. The molecule has 0 bridgehead atoms. The molecule has 0 spiro atoms. The SMILES string of the molecule is O=C1c2ccccc2C(=O)N1CCCN1CCCC1CO. The standard InChI is InChI=1S/C16H20N2O3/c19-11-12-5-3-8-17(12)9-4-10-18-15(20)13-6-1-2-7-14(13)16(18)21/h1-2,6-7,12,19H,3-5,8-11H2. The average molecular weight is 288 g/mol. The molecule has 2 amide bonds. The van der Waals surface area contributed by atoms with Gasteiger partial charge in [0.05, 0.1) is 17.7 Å². The van der Waals surface area contributed by atoms with Crippen molar-refractivity contribution >= 4 is 11.8 Å². The molecule has 112 valence electrons. The second-order valence-electron chi connectivity index (χ2n) is 5.68. The van der Waals surface area contributed by atoms with Crippen molar-refractivity contribution < 1.29 is 14.7 Å². The molecule has 1 saturated heterocycles. The summed E-state index contributed by atoms with van der Waals surface area (Å²) in [6.45, 7) is 2.44. The van der Waals surface area contributed by atoms with Gasteiger partial charge in [-0.3, -0.25) is 19.4 Å². The van der Waals surface area contributed by atoms with E-state index in [4.69, 9.17) is 0 Å². The van der Waals surface area contributed by atoms with E-state index in [0.717, 1.165) is 32.4 Å². The molecule has 2 aliphatic heterocycles. The smallest absolute Gasteiger partial charge is 0.261 e. The zero-order valence-corrected chi connectivity index (χ0v) is 12.0. The molecule has 2 aliphatic rings. The minimum Gasteiger partial charge on any atom is -0.395 e. The van der Waals surface area contributed by atoms with Gasteiger partial charge in [-0.1, -0.05) is 12.1 Å². The lowest BCUT2D eigenvalue weighted by molar-refractivity contribution is 0.0643. The van der Waals surface area contributed by atoms with E-state index < -0.39 is 0 Å². The van der Waals surface area contributed by atoms with Crippen LogP contribution in [0.1, 0.15) is 40.0 Å². The van der Waals surface area contributed by atoms with Gasteiger partial charge in [0, 0.05) is 19.1 Å². The van der Waals surface area contributed by atoms with E-state index >= 15 is 0 Å². The van der Waals surface area contributed by atoms with Crippen LogP contribution >= 0.6 is 0 Å². The maximum Gasteiger partial charge on any atom is 0.261 e. The predicted octanol–water partition coefficient (Wildman–Crippen LogP) is 1.13. The number of fused-ring (bicyclic) bond motifs is 1. The average Bonchev–Trinajstić information content (AvgIpc) is 3.06. The lowest BCUT2D eigenvalue weighted by Crippen LogP contribution is -2.36. The van der Waals surface area contributed by atoms with Gasteiger partial charge in [-0.25, -0.2) is 0 Å². The van der Waals surface area contributed by atoms with Crippen LogP contribution in [0, 0.1) is 0 Å². The van der Waals surface area contributed by atoms with Crippen molar-refractivity contribution in [3.63, 3.8) is 0 Å². The van der Waals surface area contributed by atoms with Crippen LogP contribution in [0.2, 0.25) is 0 Å². The van der Waals surface area contributed by atoms with E-state index in [-0.39, 0.29) is 24.5 Å². The Balaban J connectivity index is 1.57. The highest BCUT2D eigenvalue weighted by Crippen LogP contribution is 2.23. The summed E-state index contributed by atoms with van der Waals surface area (Å²) in [5, 5.41) is 9.29. The van der Waals surface area contributed by atoms with E-state index in [1.54, 1.807) is 24.3 Å². The van der Waals surface area contributed by atoms with Crippen LogP contribution < -0.4 is 0 Å². The van der Waals surface area contributed by atoms with Gasteiger partial charge in [-0.05, 0) is 37.9 Å². The number of carbonyl (C=O) groups is 2. The van der Waals surface area contributed by atoms with Crippen LogP contribution in [0.3, 0.4) is 0 Å². The molecule has 0 aliphatic carbocycles. The highest BCUT2D eigenvalue weighted by atomic mass is 16.3. The molecular formula is C16H20N2O3. The maximum atomic E-state index is 12.2. The largest absolute Gasteiger partial charge is 0.395 e. The lowest BCUT2D eigenvalue weighted by Gasteiger charge is -2.23. The van der Waals surface area contributed by atoms with Crippen molar-refractivity contribution in [1.82, 2.24) is 9.80 Å². The van der Waals surface area contributed by atoms with E-state index in [1.807, 2.05) is 0 Å². The molecule has 0 saturated carbocycles. The predicted molar refractivity (Wildman–Crippen MR) is 78.1 cm³/mol. The summed E-state index contributed by atoms with van der Waals surface area (Å²) in [6, 6.07) is 7.22. The highest BCUT2D eigenvalue weighted by molar-refractivity contribution is 6.21. The summed E-state index contributed by atoms with van der Waals surface area (Å²) in [4.78, 5) is 28.0. The summed E-state index contributed by atoms with van der Waals surface area (Å²) >= 11 is 0. The van der Waals surface area contributed by atoms with Gasteiger partial charge in [0.1, 0.15) is 0 Å². The number of imide groups is 1. The fourth-order valence-corrected chi connectivity index (χ4v) is 3.27. The summed E-state index contributed by atoms with van der Waals surface area (Å²) < 4.78 is 0. The van der Waals surface area contributed by atoms with Crippen molar-refractivity contribution in [2.45, 2.75) is 25.3 Å². The second kappa shape index (κ2) is 5.95. The second-order valence-corrected chi connectivity index (χ2v) is 5.68. The number of aliphatic hydroxyl groups is 1. The third-order valence-electron chi connectivity index (χ3n) is 4.42. The molecular weight excluding hydrogens is 268 g/mol. The van der Waals surface area contributed by atoms with Gasteiger partial charge < -0.3 is 5.11 Å². The third kappa shape index (κ3) is 2.59.